The fourth-order valence-electron chi connectivity index (χ4n) is 5.05. The van der Waals surface area contributed by atoms with Crippen LogP contribution in [0.4, 0.5) is 16.7 Å². The fraction of sp³-hybridized carbons (Fsp3) is 0.519. The lowest BCUT2D eigenvalue weighted by atomic mass is 10.0. The van der Waals surface area contributed by atoms with Gasteiger partial charge in [-0.05, 0) is 49.3 Å². The Morgan fingerprint density at radius 3 is 2.74 bits per heavy atom. The molecule has 0 saturated carbocycles. The number of ether oxygens (including phenoxy) is 1. The van der Waals surface area contributed by atoms with Gasteiger partial charge in [0, 0.05) is 56.1 Å². The maximum absolute atomic E-state index is 12.9. The number of amides is 2. The normalized spacial score (nSPS) is 18.3. The number of benzene rings is 1. The molecule has 2 saturated heterocycles. The summed E-state index contributed by atoms with van der Waals surface area (Å²) in [5, 5.41) is 23.6. The second-order valence-electron chi connectivity index (χ2n) is 10.5. The largest absolute Gasteiger partial charge is 0.465 e. The van der Waals surface area contributed by atoms with Gasteiger partial charge in [-0.25, -0.2) is 4.79 Å². The van der Waals surface area contributed by atoms with E-state index in [0.717, 1.165) is 55.7 Å². The number of nitrogens with one attached hydrogen (secondary N) is 3. The van der Waals surface area contributed by atoms with E-state index in [1.165, 1.54) is 4.90 Å². The quantitative estimate of drug-likeness (QED) is 0.340. The van der Waals surface area contributed by atoms with Crippen LogP contribution in [-0.4, -0.2) is 80.0 Å². The van der Waals surface area contributed by atoms with Crippen LogP contribution in [0.3, 0.4) is 0 Å². The maximum Gasteiger partial charge on any atom is 0.407 e. The Kier molecular flexibility index (Phi) is 8.10. The maximum atomic E-state index is 12.9. The first-order chi connectivity index (χ1) is 18.9. The summed E-state index contributed by atoms with van der Waals surface area (Å²) >= 11 is 0. The molecule has 0 spiro atoms. The molecule has 5 rings (SSSR count). The van der Waals surface area contributed by atoms with Crippen molar-refractivity contribution in [3.05, 3.63) is 47.2 Å². The molecule has 12 nitrogen and oxygen atoms in total. The summed E-state index contributed by atoms with van der Waals surface area (Å²) in [5.41, 5.74) is 3.23. The van der Waals surface area contributed by atoms with E-state index in [0.29, 0.717) is 37.1 Å². The van der Waals surface area contributed by atoms with Crippen LogP contribution in [0.15, 0.2) is 30.5 Å². The number of carbonyl (C=O) groups is 2. The number of likely N-dealkylation sites (tertiary alicyclic amines) is 1. The zero-order valence-corrected chi connectivity index (χ0v) is 22.4. The highest BCUT2D eigenvalue weighted by Crippen LogP contribution is 2.23. The third-order valence-electron chi connectivity index (χ3n) is 7.24. The standard InChI is InChI=1S/C27H36N8O4/c1-17(2)22-15-29-35-23(22)32-25(31-20-8-11-39-12-9-20)33-26(35)28-14-18-5-3-6-19(13-18)24(36)30-21-7-4-10-34(16-21)27(37)38/h3,5-6,13,15,17,20-21H,4,7-12,14,16H2,1-2H3,(H,30,36)(H,37,38)(H2,28,31,32,33). The topological polar surface area (TPSA) is 146 Å². The molecule has 208 valence electrons. The van der Waals surface area contributed by atoms with Crippen LogP contribution in [-0.2, 0) is 11.3 Å². The summed E-state index contributed by atoms with van der Waals surface area (Å²) in [7, 11) is 0. The first-order valence-electron chi connectivity index (χ1n) is 13.6. The average molecular weight is 537 g/mol. The number of carbonyl (C=O) groups excluding carboxylic acids is 1. The number of aromatic nitrogens is 4. The number of fused-ring (bicyclic) bond motifs is 1. The molecule has 39 heavy (non-hydrogen) atoms. The van der Waals surface area contributed by atoms with E-state index in [1.54, 1.807) is 10.6 Å². The van der Waals surface area contributed by atoms with Gasteiger partial charge in [0.2, 0.25) is 11.9 Å². The Labute approximate surface area is 227 Å². The number of piperidine rings is 1. The van der Waals surface area contributed by atoms with E-state index < -0.39 is 6.09 Å². The molecule has 1 aromatic carbocycles. The van der Waals surface area contributed by atoms with Gasteiger partial charge in [0.15, 0.2) is 5.65 Å². The van der Waals surface area contributed by atoms with Gasteiger partial charge in [0.25, 0.3) is 5.91 Å². The van der Waals surface area contributed by atoms with Crippen LogP contribution in [0.5, 0.6) is 0 Å². The molecule has 1 atom stereocenters. The van der Waals surface area contributed by atoms with Gasteiger partial charge in [0.1, 0.15) is 0 Å². The number of nitrogens with zero attached hydrogens (tertiary/aromatic N) is 5. The SMILES string of the molecule is CC(C)c1cnn2c(NCc3cccc(C(=O)NC4CCCN(C(=O)O)C4)c3)nc(NC3CCOCC3)nc12. The van der Waals surface area contributed by atoms with E-state index in [1.807, 2.05) is 24.4 Å². The van der Waals surface area contributed by atoms with Crippen LogP contribution in [0.1, 0.15) is 66.9 Å². The van der Waals surface area contributed by atoms with Gasteiger partial charge >= 0.3 is 6.09 Å². The number of hydrogen-bond donors (Lipinski definition) is 4. The third-order valence-corrected chi connectivity index (χ3v) is 7.24. The molecule has 4 N–H and O–H groups in total. The fourth-order valence-corrected chi connectivity index (χ4v) is 5.05. The van der Waals surface area contributed by atoms with Crippen molar-refractivity contribution in [1.82, 2.24) is 29.8 Å². The summed E-state index contributed by atoms with van der Waals surface area (Å²) in [4.78, 5) is 35.1. The first kappa shape index (κ1) is 26.7. The molecule has 3 aromatic rings. The van der Waals surface area contributed by atoms with E-state index in [-0.39, 0.29) is 23.9 Å². The molecule has 2 amide bonds. The van der Waals surface area contributed by atoms with Crippen molar-refractivity contribution in [1.29, 1.82) is 0 Å². The number of hydrogen-bond acceptors (Lipinski definition) is 8. The molecule has 2 aliphatic heterocycles. The summed E-state index contributed by atoms with van der Waals surface area (Å²) in [6.45, 7) is 6.90. The molecule has 2 aromatic heterocycles. The summed E-state index contributed by atoms with van der Waals surface area (Å²) in [6.07, 6.45) is 4.17. The number of anilines is 2. The molecule has 12 heteroatoms. The van der Waals surface area contributed by atoms with E-state index in [9.17, 15) is 14.7 Å². The lowest BCUT2D eigenvalue weighted by Crippen LogP contribution is -2.49. The van der Waals surface area contributed by atoms with Crippen molar-refractivity contribution in [3.63, 3.8) is 0 Å². The Morgan fingerprint density at radius 2 is 1.97 bits per heavy atom. The van der Waals surface area contributed by atoms with E-state index >= 15 is 0 Å². The highest BCUT2D eigenvalue weighted by Gasteiger charge is 2.25. The highest BCUT2D eigenvalue weighted by atomic mass is 16.5. The molecule has 2 fully saturated rings. The van der Waals surface area contributed by atoms with Gasteiger partial charge in [-0.1, -0.05) is 26.0 Å². The molecule has 2 aliphatic rings. The van der Waals surface area contributed by atoms with Crippen molar-refractivity contribution in [3.8, 4) is 0 Å². The second-order valence-corrected chi connectivity index (χ2v) is 10.5. The average Bonchev–Trinajstić information content (AvgIpc) is 3.37. The predicted octanol–water partition coefficient (Wildman–Crippen LogP) is 3.32. The van der Waals surface area contributed by atoms with Crippen molar-refractivity contribution in [2.75, 3.05) is 36.9 Å². The lowest BCUT2D eigenvalue weighted by molar-refractivity contribution is 0.0888. The smallest absolute Gasteiger partial charge is 0.407 e. The Hall–Kier alpha value is -3.93. The molecular weight excluding hydrogens is 500 g/mol. The molecule has 0 aliphatic carbocycles. The zero-order valence-electron chi connectivity index (χ0n) is 22.4. The van der Waals surface area contributed by atoms with Gasteiger partial charge < -0.3 is 30.7 Å². The van der Waals surface area contributed by atoms with Crippen molar-refractivity contribution in [2.24, 2.45) is 0 Å². The Bertz CT molecular complexity index is 1320. The third kappa shape index (κ3) is 6.39. The van der Waals surface area contributed by atoms with E-state index in [2.05, 4.69) is 34.9 Å². The molecule has 0 radical (unpaired) electrons. The van der Waals surface area contributed by atoms with Crippen molar-refractivity contribution >= 4 is 29.5 Å². The minimum atomic E-state index is -0.954. The number of carboxylic acid groups (broad SMARTS) is 1. The molecule has 0 bridgehead atoms. The van der Waals surface area contributed by atoms with Crippen molar-refractivity contribution in [2.45, 2.75) is 64.1 Å². The predicted molar refractivity (Wildman–Crippen MR) is 146 cm³/mol. The van der Waals surface area contributed by atoms with Gasteiger partial charge in [-0.15, -0.1) is 0 Å². The monoisotopic (exact) mass is 536 g/mol. The van der Waals surface area contributed by atoms with Crippen LogP contribution < -0.4 is 16.0 Å². The Morgan fingerprint density at radius 1 is 1.15 bits per heavy atom. The molecular formula is C27H36N8O4. The first-order valence-corrected chi connectivity index (χ1v) is 13.6. The lowest BCUT2D eigenvalue weighted by Gasteiger charge is -2.31. The number of rotatable bonds is 8. The summed E-state index contributed by atoms with van der Waals surface area (Å²) < 4.78 is 7.20. The van der Waals surface area contributed by atoms with Gasteiger partial charge in [-0.2, -0.15) is 19.6 Å². The molecule has 1 unspecified atom stereocenters. The van der Waals surface area contributed by atoms with Crippen LogP contribution in [0.2, 0.25) is 0 Å². The second kappa shape index (κ2) is 11.9. The van der Waals surface area contributed by atoms with Crippen molar-refractivity contribution < 1.29 is 19.4 Å². The summed E-state index contributed by atoms with van der Waals surface area (Å²) in [5.74, 6) is 1.15. The van der Waals surface area contributed by atoms with E-state index in [4.69, 9.17) is 14.7 Å². The van der Waals surface area contributed by atoms with Crippen LogP contribution in [0.25, 0.3) is 5.65 Å². The van der Waals surface area contributed by atoms with Crippen LogP contribution in [0, 0.1) is 0 Å². The minimum Gasteiger partial charge on any atom is -0.465 e. The molecule has 4 heterocycles. The minimum absolute atomic E-state index is 0.199. The van der Waals surface area contributed by atoms with Gasteiger partial charge in [0.05, 0.1) is 6.20 Å². The highest BCUT2D eigenvalue weighted by molar-refractivity contribution is 5.94. The van der Waals surface area contributed by atoms with Crippen LogP contribution >= 0.6 is 0 Å². The Balaban J connectivity index is 1.30. The zero-order chi connectivity index (χ0) is 27.4. The summed E-state index contributed by atoms with van der Waals surface area (Å²) in [6, 6.07) is 7.43. The van der Waals surface area contributed by atoms with Gasteiger partial charge in [-0.3, -0.25) is 4.79 Å².